The number of hydrogen-bond acceptors (Lipinski definition) is 5. The second-order valence-electron chi connectivity index (χ2n) is 5.67. The molecule has 112 valence electrons. The van der Waals surface area contributed by atoms with Crippen LogP contribution in [0.4, 0.5) is 5.69 Å². The van der Waals surface area contributed by atoms with Crippen molar-refractivity contribution in [1.29, 1.82) is 0 Å². The second-order valence-corrected chi connectivity index (χ2v) is 5.67. The summed E-state index contributed by atoms with van der Waals surface area (Å²) in [7, 11) is 2.12. The van der Waals surface area contributed by atoms with Crippen molar-refractivity contribution < 1.29 is 0 Å². The Balaban J connectivity index is 1.97. The highest BCUT2D eigenvalue weighted by atomic mass is 16.1. The molecule has 20 heavy (non-hydrogen) atoms. The lowest BCUT2D eigenvalue weighted by Gasteiger charge is -2.33. The van der Waals surface area contributed by atoms with Crippen LogP contribution < -0.4 is 15.8 Å². The number of nitrogens with one attached hydrogen (secondary N) is 1. The predicted octanol–water partition coefficient (Wildman–Crippen LogP) is -0.00690. The number of hydrogen-bond donors (Lipinski definition) is 1. The average molecular weight is 279 g/mol. The van der Waals surface area contributed by atoms with Gasteiger partial charge in [-0.2, -0.15) is 5.10 Å². The van der Waals surface area contributed by atoms with Crippen molar-refractivity contribution in [3.05, 3.63) is 22.6 Å². The summed E-state index contributed by atoms with van der Waals surface area (Å²) < 4.78 is 1.52. The Kier molecular flexibility index (Phi) is 5.14. The molecule has 1 saturated heterocycles. The topological polar surface area (TPSA) is 53.4 Å². The molecule has 0 atom stereocenters. The van der Waals surface area contributed by atoms with E-state index in [0.717, 1.165) is 38.4 Å². The minimum Gasteiger partial charge on any atom is -0.368 e. The van der Waals surface area contributed by atoms with Crippen LogP contribution in [0.25, 0.3) is 0 Å². The number of likely N-dealkylation sites (N-methyl/N-ethyl adjacent to an activating group) is 1. The van der Waals surface area contributed by atoms with E-state index in [1.54, 1.807) is 6.07 Å². The van der Waals surface area contributed by atoms with Crippen molar-refractivity contribution in [1.82, 2.24) is 20.0 Å². The zero-order valence-electron chi connectivity index (χ0n) is 12.7. The highest BCUT2D eigenvalue weighted by Crippen LogP contribution is 2.11. The third kappa shape index (κ3) is 4.05. The molecule has 6 nitrogen and oxygen atoms in total. The van der Waals surface area contributed by atoms with Gasteiger partial charge in [0.2, 0.25) is 0 Å². The smallest absolute Gasteiger partial charge is 0.268 e. The SMILES string of the molecule is CC(C)NCCn1ncc(N2CCN(C)CC2)cc1=O. The zero-order chi connectivity index (χ0) is 14.5. The zero-order valence-corrected chi connectivity index (χ0v) is 12.7. The maximum absolute atomic E-state index is 12.1. The summed E-state index contributed by atoms with van der Waals surface area (Å²) in [6.45, 7) is 9.52. The first kappa shape index (κ1) is 15.0. The quantitative estimate of drug-likeness (QED) is 0.822. The average Bonchev–Trinajstić information content (AvgIpc) is 2.41. The predicted molar refractivity (Wildman–Crippen MR) is 81.3 cm³/mol. The van der Waals surface area contributed by atoms with Gasteiger partial charge >= 0.3 is 0 Å². The van der Waals surface area contributed by atoms with Crippen LogP contribution in [-0.2, 0) is 6.54 Å². The summed E-state index contributed by atoms with van der Waals surface area (Å²) in [4.78, 5) is 16.6. The number of piperazine rings is 1. The molecule has 2 rings (SSSR count). The van der Waals surface area contributed by atoms with Gasteiger partial charge in [0.25, 0.3) is 5.56 Å². The molecule has 1 aromatic rings. The molecule has 1 fully saturated rings. The fraction of sp³-hybridized carbons (Fsp3) is 0.714. The Labute approximate surface area is 120 Å². The van der Waals surface area contributed by atoms with E-state index in [4.69, 9.17) is 0 Å². The van der Waals surface area contributed by atoms with E-state index in [1.807, 2.05) is 6.20 Å². The van der Waals surface area contributed by atoms with Crippen LogP contribution in [-0.4, -0.2) is 60.5 Å². The van der Waals surface area contributed by atoms with E-state index >= 15 is 0 Å². The van der Waals surface area contributed by atoms with Gasteiger partial charge in [-0.15, -0.1) is 0 Å². The molecule has 0 bridgehead atoms. The lowest BCUT2D eigenvalue weighted by atomic mass is 10.3. The molecule has 0 amide bonds. The molecule has 1 aliphatic heterocycles. The van der Waals surface area contributed by atoms with Gasteiger partial charge in [0.05, 0.1) is 18.4 Å². The highest BCUT2D eigenvalue weighted by Gasteiger charge is 2.15. The van der Waals surface area contributed by atoms with Gasteiger partial charge in [0.15, 0.2) is 0 Å². The van der Waals surface area contributed by atoms with Crippen LogP contribution in [0.15, 0.2) is 17.1 Å². The Morgan fingerprint density at radius 3 is 2.60 bits per heavy atom. The van der Waals surface area contributed by atoms with Crippen molar-refractivity contribution in [2.75, 3.05) is 44.7 Å². The molecule has 1 aliphatic rings. The lowest BCUT2D eigenvalue weighted by Crippen LogP contribution is -2.45. The van der Waals surface area contributed by atoms with Crippen LogP contribution in [0.2, 0.25) is 0 Å². The Bertz CT molecular complexity index is 477. The monoisotopic (exact) mass is 279 g/mol. The van der Waals surface area contributed by atoms with Gasteiger partial charge in [-0.05, 0) is 7.05 Å². The van der Waals surface area contributed by atoms with Gasteiger partial charge in [0, 0.05) is 44.8 Å². The third-order valence-corrected chi connectivity index (χ3v) is 3.60. The van der Waals surface area contributed by atoms with Crippen LogP contribution >= 0.6 is 0 Å². The first-order valence-electron chi connectivity index (χ1n) is 7.30. The minimum absolute atomic E-state index is 0.0213. The second kappa shape index (κ2) is 6.85. The molecule has 0 aliphatic carbocycles. The first-order valence-corrected chi connectivity index (χ1v) is 7.30. The van der Waals surface area contributed by atoms with Gasteiger partial charge in [-0.1, -0.05) is 13.8 Å². The van der Waals surface area contributed by atoms with Gasteiger partial charge < -0.3 is 15.1 Å². The molecular weight excluding hydrogens is 254 g/mol. The molecule has 0 radical (unpaired) electrons. The van der Waals surface area contributed by atoms with Gasteiger partial charge in [0.1, 0.15) is 0 Å². The largest absolute Gasteiger partial charge is 0.368 e. The third-order valence-electron chi connectivity index (χ3n) is 3.60. The fourth-order valence-electron chi connectivity index (χ4n) is 2.29. The molecule has 0 aromatic carbocycles. The highest BCUT2D eigenvalue weighted by molar-refractivity contribution is 5.43. The lowest BCUT2D eigenvalue weighted by molar-refractivity contribution is 0.312. The fourth-order valence-corrected chi connectivity index (χ4v) is 2.29. The molecule has 0 unspecified atom stereocenters. The van der Waals surface area contributed by atoms with Crippen molar-refractivity contribution in [2.45, 2.75) is 26.4 Å². The van der Waals surface area contributed by atoms with Crippen LogP contribution in [0, 0.1) is 0 Å². The normalized spacial score (nSPS) is 16.9. The Morgan fingerprint density at radius 1 is 1.30 bits per heavy atom. The molecule has 6 heteroatoms. The van der Waals surface area contributed by atoms with Crippen LogP contribution in [0.3, 0.4) is 0 Å². The Morgan fingerprint density at radius 2 is 2.00 bits per heavy atom. The van der Waals surface area contributed by atoms with Crippen molar-refractivity contribution in [3.8, 4) is 0 Å². The van der Waals surface area contributed by atoms with E-state index in [1.165, 1.54) is 4.68 Å². The molecule has 2 heterocycles. The van der Waals surface area contributed by atoms with E-state index in [-0.39, 0.29) is 5.56 Å². The van der Waals surface area contributed by atoms with Crippen LogP contribution in [0.5, 0.6) is 0 Å². The number of rotatable bonds is 5. The standard InChI is InChI=1S/C14H25N5O/c1-12(2)15-4-5-19-14(20)10-13(11-16-19)18-8-6-17(3)7-9-18/h10-12,15H,4-9H2,1-3H3. The van der Waals surface area contributed by atoms with E-state index in [2.05, 4.69) is 41.1 Å². The number of aromatic nitrogens is 2. The van der Waals surface area contributed by atoms with Gasteiger partial charge in [-0.25, -0.2) is 4.68 Å². The molecule has 1 aromatic heterocycles. The first-order chi connectivity index (χ1) is 9.56. The maximum atomic E-state index is 12.1. The van der Waals surface area contributed by atoms with E-state index in [0.29, 0.717) is 12.6 Å². The molecule has 0 saturated carbocycles. The summed E-state index contributed by atoms with van der Waals surface area (Å²) in [5, 5.41) is 7.57. The summed E-state index contributed by atoms with van der Waals surface area (Å²) in [6.07, 6.45) is 1.81. The van der Waals surface area contributed by atoms with Crippen molar-refractivity contribution >= 4 is 5.69 Å². The Hall–Kier alpha value is -1.40. The van der Waals surface area contributed by atoms with Crippen molar-refractivity contribution in [3.63, 3.8) is 0 Å². The van der Waals surface area contributed by atoms with E-state index < -0.39 is 0 Å². The number of nitrogens with zero attached hydrogens (tertiary/aromatic N) is 4. The minimum atomic E-state index is -0.0213. The van der Waals surface area contributed by atoms with Gasteiger partial charge in [-0.3, -0.25) is 4.79 Å². The summed E-state index contributed by atoms with van der Waals surface area (Å²) in [5.41, 5.74) is 0.920. The molecule has 0 spiro atoms. The van der Waals surface area contributed by atoms with E-state index in [9.17, 15) is 4.79 Å². The van der Waals surface area contributed by atoms with Crippen molar-refractivity contribution in [2.24, 2.45) is 0 Å². The number of anilines is 1. The molecular formula is C14H25N5O. The maximum Gasteiger partial charge on any atom is 0.268 e. The summed E-state index contributed by atoms with van der Waals surface area (Å²) >= 11 is 0. The summed E-state index contributed by atoms with van der Waals surface area (Å²) in [6, 6.07) is 2.13. The summed E-state index contributed by atoms with van der Waals surface area (Å²) in [5.74, 6) is 0. The van der Waals surface area contributed by atoms with Crippen LogP contribution in [0.1, 0.15) is 13.8 Å². The molecule has 1 N–H and O–H groups in total.